The molecule has 0 aromatic heterocycles. The Kier molecular flexibility index (Phi) is 3.40. The van der Waals surface area contributed by atoms with Crippen molar-refractivity contribution in [2.24, 2.45) is 0 Å². The van der Waals surface area contributed by atoms with Gasteiger partial charge in [-0.25, -0.2) is 0 Å². The molecule has 0 unspecified atom stereocenters. The molecular weight excluding hydrogens is 218 g/mol. The van der Waals surface area contributed by atoms with Crippen LogP contribution >= 0.6 is 0 Å². The quantitative estimate of drug-likeness (QED) is 0.631. The van der Waals surface area contributed by atoms with Crippen molar-refractivity contribution in [2.45, 2.75) is 13.5 Å². The molecular formula is C10H8F2N2O2. The number of nitrogens with two attached hydrogens (primary N) is 1. The summed E-state index contributed by atoms with van der Waals surface area (Å²) in [7, 11) is 0. The van der Waals surface area contributed by atoms with Crippen molar-refractivity contribution in [3.05, 3.63) is 23.3 Å². The summed E-state index contributed by atoms with van der Waals surface area (Å²) < 4.78 is 28.2. The van der Waals surface area contributed by atoms with Crippen LogP contribution < -0.4 is 10.5 Å². The molecule has 1 aromatic carbocycles. The fourth-order valence-corrected chi connectivity index (χ4v) is 1.16. The van der Waals surface area contributed by atoms with Gasteiger partial charge >= 0.3 is 6.61 Å². The second kappa shape index (κ2) is 4.57. The van der Waals surface area contributed by atoms with Crippen LogP contribution in [0, 0.1) is 11.3 Å². The zero-order valence-electron chi connectivity index (χ0n) is 8.33. The number of alkyl halides is 2. The van der Waals surface area contributed by atoms with E-state index in [2.05, 4.69) is 4.74 Å². The molecule has 6 heteroatoms. The average Bonchev–Trinajstić information content (AvgIpc) is 2.19. The lowest BCUT2D eigenvalue weighted by atomic mass is 10.1. The number of rotatable bonds is 3. The smallest absolute Gasteiger partial charge is 0.387 e. The van der Waals surface area contributed by atoms with Crippen LogP contribution in [0.3, 0.4) is 0 Å². The summed E-state index contributed by atoms with van der Waals surface area (Å²) in [5, 5.41) is 8.65. The number of ketones is 1. The molecule has 0 amide bonds. The van der Waals surface area contributed by atoms with Crippen molar-refractivity contribution >= 4 is 11.5 Å². The van der Waals surface area contributed by atoms with E-state index < -0.39 is 12.4 Å². The number of Topliss-reactive ketones (excluding diaryl/α,β-unsaturated/α-hetero) is 1. The van der Waals surface area contributed by atoms with Crippen molar-refractivity contribution in [3.63, 3.8) is 0 Å². The van der Waals surface area contributed by atoms with Gasteiger partial charge in [-0.05, 0) is 13.0 Å². The minimum absolute atomic E-state index is 0.0133. The van der Waals surface area contributed by atoms with E-state index in [1.54, 1.807) is 6.07 Å². The van der Waals surface area contributed by atoms with Crippen molar-refractivity contribution < 1.29 is 18.3 Å². The largest absolute Gasteiger partial charge is 0.434 e. The second-order valence-corrected chi connectivity index (χ2v) is 2.98. The van der Waals surface area contributed by atoms with Gasteiger partial charge in [0.15, 0.2) is 5.78 Å². The molecule has 0 spiro atoms. The molecule has 1 rings (SSSR count). The van der Waals surface area contributed by atoms with Gasteiger partial charge in [-0.2, -0.15) is 14.0 Å². The first-order chi connectivity index (χ1) is 7.45. The van der Waals surface area contributed by atoms with Crippen LogP contribution in [0.2, 0.25) is 0 Å². The molecule has 2 N–H and O–H groups in total. The lowest BCUT2D eigenvalue weighted by Crippen LogP contribution is -2.08. The Hall–Kier alpha value is -2.16. The predicted octanol–water partition coefficient (Wildman–Crippen LogP) is 1.94. The zero-order valence-corrected chi connectivity index (χ0v) is 8.33. The van der Waals surface area contributed by atoms with Crippen molar-refractivity contribution in [3.8, 4) is 11.8 Å². The summed E-state index contributed by atoms with van der Waals surface area (Å²) in [5.74, 6) is -0.805. The number of carbonyl (C=O) groups excluding carboxylic acids is 1. The molecule has 0 bridgehead atoms. The Morgan fingerprint density at radius 3 is 2.62 bits per heavy atom. The van der Waals surface area contributed by atoms with Gasteiger partial charge in [0, 0.05) is 6.07 Å². The molecule has 16 heavy (non-hydrogen) atoms. The lowest BCUT2D eigenvalue weighted by Gasteiger charge is -2.10. The van der Waals surface area contributed by atoms with E-state index in [1.165, 1.54) is 6.92 Å². The number of halogens is 2. The van der Waals surface area contributed by atoms with Gasteiger partial charge in [0.1, 0.15) is 11.8 Å². The van der Waals surface area contributed by atoms with Crippen molar-refractivity contribution in [1.29, 1.82) is 5.26 Å². The predicted molar refractivity (Wildman–Crippen MR) is 52.2 cm³/mol. The van der Waals surface area contributed by atoms with E-state index in [1.807, 2.05) is 0 Å². The number of benzene rings is 1. The van der Waals surface area contributed by atoms with Crippen LogP contribution in [0.5, 0.6) is 5.75 Å². The Morgan fingerprint density at radius 2 is 2.19 bits per heavy atom. The van der Waals surface area contributed by atoms with Gasteiger partial charge in [0.2, 0.25) is 0 Å². The highest BCUT2D eigenvalue weighted by molar-refractivity contribution is 5.98. The molecule has 0 fully saturated rings. The van der Waals surface area contributed by atoms with Gasteiger partial charge in [-0.1, -0.05) is 0 Å². The minimum atomic E-state index is -3.06. The first kappa shape index (κ1) is 11.9. The first-order valence-electron chi connectivity index (χ1n) is 4.25. The van der Waals surface area contributed by atoms with E-state index in [4.69, 9.17) is 11.0 Å². The highest BCUT2D eigenvalue weighted by Gasteiger charge is 2.15. The monoisotopic (exact) mass is 226 g/mol. The zero-order chi connectivity index (χ0) is 12.3. The number of anilines is 1. The van der Waals surface area contributed by atoms with E-state index in [0.29, 0.717) is 0 Å². The third kappa shape index (κ3) is 2.45. The maximum absolute atomic E-state index is 12.1. The van der Waals surface area contributed by atoms with Crippen LogP contribution in [0.25, 0.3) is 0 Å². The molecule has 0 aliphatic rings. The normalized spacial score (nSPS) is 9.94. The van der Waals surface area contributed by atoms with Crippen LogP contribution in [0.4, 0.5) is 14.5 Å². The topological polar surface area (TPSA) is 76.1 Å². The van der Waals surface area contributed by atoms with Crippen LogP contribution in [0.15, 0.2) is 12.1 Å². The Bertz CT molecular complexity index is 467. The van der Waals surface area contributed by atoms with Gasteiger partial charge < -0.3 is 10.5 Å². The molecule has 84 valence electrons. The van der Waals surface area contributed by atoms with Gasteiger partial charge in [0.05, 0.1) is 16.8 Å². The molecule has 1 aromatic rings. The highest BCUT2D eigenvalue weighted by atomic mass is 19.3. The third-order valence-electron chi connectivity index (χ3n) is 1.87. The lowest BCUT2D eigenvalue weighted by molar-refractivity contribution is -0.0501. The summed E-state index contributed by atoms with van der Waals surface area (Å²) in [6, 6.07) is 3.89. The maximum atomic E-state index is 12.1. The molecule has 0 heterocycles. The van der Waals surface area contributed by atoms with Gasteiger partial charge in [0.25, 0.3) is 0 Å². The second-order valence-electron chi connectivity index (χ2n) is 2.98. The summed E-state index contributed by atoms with van der Waals surface area (Å²) >= 11 is 0. The number of hydrogen-bond acceptors (Lipinski definition) is 4. The maximum Gasteiger partial charge on any atom is 0.387 e. The summed E-state index contributed by atoms with van der Waals surface area (Å²) in [4.78, 5) is 11.1. The van der Waals surface area contributed by atoms with E-state index in [9.17, 15) is 13.6 Å². The molecule has 0 saturated heterocycles. The van der Waals surface area contributed by atoms with Crippen LogP contribution in [0.1, 0.15) is 22.8 Å². The third-order valence-corrected chi connectivity index (χ3v) is 1.87. The number of nitrogen functional groups attached to an aromatic ring is 1. The number of hydrogen-bond donors (Lipinski definition) is 1. The van der Waals surface area contributed by atoms with E-state index in [-0.39, 0.29) is 22.6 Å². The van der Waals surface area contributed by atoms with Crippen molar-refractivity contribution in [2.75, 3.05) is 5.73 Å². The fourth-order valence-electron chi connectivity index (χ4n) is 1.16. The number of carbonyl (C=O) groups is 1. The molecule has 4 nitrogen and oxygen atoms in total. The average molecular weight is 226 g/mol. The Balaban J connectivity index is 3.32. The summed E-state index contributed by atoms with van der Waals surface area (Å²) in [6.07, 6.45) is 0. The molecule has 0 atom stereocenters. The molecule has 0 aliphatic heterocycles. The van der Waals surface area contributed by atoms with Gasteiger partial charge in [-0.15, -0.1) is 0 Å². The van der Waals surface area contributed by atoms with Crippen molar-refractivity contribution in [1.82, 2.24) is 0 Å². The SMILES string of the molecule is CC(=O)c1cc(N)c(C#N)cc1OC(F)F. The van der Waals surface area contributed by atoms with E-state index >= 15 is 0 Å². The summed E-state index contributed by atoms with van der Waals surface area (Å²) in [6.45, 7) is -1.87. The molecule has 0 aliphatic carbocycles. The number of nitriles is 1. The fraction of sp³-hybridized carbons (Fsp3) is 0.200. The number of nitrogens with zero attached hydrogens (tertiary/aromatic N) is 1. The van der Waals surface area contributed by atoms with Gasteiger partial charge in [-0.3, -0.25) is 4.79 Å². The first-order valence-corrected chi connectivity index (χ1v) is 4.25. The number of ether oxygens (including phenoxy) is 1. The molecule has 0 saturated carbocycles. The van der Waals surface area contributed by atoms with Crippen LogP contribution in [-0.2, 0) is 0 Å². The minimum Gasteiger partial charge on any atom is -0.434 e. The Labute approximate surface area is 90.2 Å². The highest BCUT2D eigenvalue weighted by Crippen LogP contribution is 2.26. The van der Waals surface area contributed by atoms with Crippen LogP contribution in [-0.4, -0.2) is 12.4 Å². The van der Waals surface area contributed by atoms with E-state index in [0.717, 1.165) is 12.1 Å². The standard InChI is InChI=1S/C10H8F2N2O2/c1-5(15)7-3-8(14)6(4-13)2-9(7)16-10(11)12/h2-3,10H,14H2,1H3. The Morgan fingerprint density at radius 1 is 1.56 bits per heavy atom. The molecule has 0 radical (unpaired) electrons. The summed E-state index contributed by atoms with van der Waals surface area (Å²) in [5.41, 5.74) is 5.42.